The van der Waals surface area contributed by atoms with Gasteiger partial charge in [0.05, 0.1) is 12.1 Å². The zero-order valence-corrected chi connectivity index (χ0v) is 12.8. The fourth-order valence-corrected chi connectivity index (χ4v) is 4.07. The Morgan fingerprint density at radius 2 is 1.14 bits per heavy atom. The first-order chi connectivity index (χ1) is 10.3. The van der Waals surface area contributed by atoms with Gasteiger partial charge in [-0.25, -0.2) is 19.6 Å². The molecular formula is C17H26N2O2. The molecule has 116 valence electrons. The molecule has 0 aliphatic heterocycles. The summed E-state index contributed by atoms with van der Waals surface area (Å²) in [5.41, 5.74) is 0. The molecule has 2 saturated carbocycles. The number of hydrogen-bond donors (Lipinski definition) is 0. The van der Waals surface area contributed by atoms with Gasteiger partial charge in [-0.1, -0.05) is 25.7 Å². The summed E-state index contributed by atoms with van der Waals surface area (Å²) in [5, 5.41) is 0. The first-order valence-electron chi connectivity index (χ1n) is 8.45. The third-order valence-corrected chi connectivity index (χ3v) is 5.25. The highest BCUT2D eigenvalue weighted by Gasteiger charge is 2.24. The zero-order chi connectivity index (χ0) is 14.9. The van der Waals surface area contributed by atoms with E-state index in [0.29, 0.717) is 0 Å². The second-order valence-electron chi connectivity index (χ2n) is 6.73. The van der Waals surface area contributed by atoms with E-state index in [1.807, 2.05) is 0 Å². The van der Waals surface area contributed by atoms with Gasteiger partial charge in [-0.3, -0.25) is 0 Å². The number of aliphatic imine (C=N–C) groups is 2. The number of carbonyl (C=O) groups excluding carboxylic acids is 2. The molecule has 21 heavy (non-hydrogen) atoms. The van der Waals surface area contributed by atoms with Crippen LogP contribution in [0, 0.1) is 11.8 Å². The molecule has 2 aliphatic carbocycles. The fraction of sp³-hybridized carbons (Fsp3) is 0.882. The Labute approximate surface area is 127 Å². The summed E-state index contributed by atoms with van der Waals surface area (Å²) in [5.74, 6) is 1.57. The monoisotopic (exact) mass is 290 g/mol. The predicted molar refractivity (Wildman–Crippen MR) is 81.6 cm³/mol. The Kier molecular flexibility index (Phi) is 6.85. The SMILES string of the molecule is O=C=NC1CCCC(CC2CCCC(N=C=O)CC2)CC1. The van der Waals surface area contributed by atoms with Crippen LogP contribution in [0.1, 0.15) is 70.6 Å². The van der Waals surface area contributed by atoms with E-state index in [1.54, 1.807) is 12.2 Å². The average molecular weight is 290 g/mol. The van der Waals surface area contributed by atoms with Crippen molar-refractivity contribution in [2.24, 2.45) is 21.8 Å². The van der Waals surface area contributed by atoms with Crippen molar-refractivity contribution >= 4 is 12.2 Å². The van der Waals surface area contributed by atoms with E-state index in [0.717, 1.165) is 37.5 Å². The van der Waals surface area contributed by atoms with Crippen LogP contribution in [0.3, 0.4) is 0 Å². The van der Waals surface area contributed by atoms with Crippen molar-refractivity contribution in [1.82, 2.24) is 0 Å². The summed E-state index contributed by atoms with van der Waals surface area (Å²) < 4.78 is 0. The van der Waals surface area contributed by atoms with Gasteiger partial charge in [0.25, 0.3) is 0 Å². The summed E-state index contributed by atoms with van der Waals surface area (Å²) >= 11 is 0. The summed E-state index contributed by atoms with van der Waals surface area (Å²) in [6.45, 7) is 0. The van der Waals surface area contributed by atoms with Crippen LogP contribution in [0.15, 0.2) is 9.98 Å². The molecule has 2 aliphatic rings. The van der Waals surface area contributed by atoms with Gasteiger partial charge >= 0.3 is 0 Å². The summed E-state index contributed by atoms with van der Waals surface area (Å²) in [6, 6.07) is 0.431. The van der Waals surface area contributed by atoms with Gasteiger partial charge in [0, 0.05) is 0 Å². The molecule has 0 aromatic carbocycles. The molecule has 0 N–H and O–H groups in total. The molecule has 0 amide bonds. The number of hydrogen-bond acceptors (Lipinski definition) is 4. The van der Waals surface area contributed by atoms with Crippen LogP contribution < -0.4 is 0 Å². The maximum absolute atomic E-state index is 10.4. The Morgan fingerprint density at radius 3 is 1.57 bits per heavy atom. The third-order valence-electron chi connectivity index (χ3n) is 5.25. The van der Waals surface area contributed by atoms with Crippen LogP contribution in [0.25, 0.3) is 0 Å². The molecule has 4 unspecified atom stereocenters. The van der Waals surface area contributed by atoms with Crippen molar-refractivity contribution in [2.45, 2.75) is 82.7 Å². The average Bonchev–Trinajstić information content (AvgIpc) is 2.82. The van der Waals surface area contributed by atoms with E-state index in [-0.39, 0.29) is 12.1 Å². The molecule has 2 rings (SSSR count). The summed E-state index contributed by atoms with van der Waals surface area (Å²) in [7, 11) is 0. The highest BCUT2D eigenvalue weighted by atomic mass is 16.1. The second-order valence-corrected chi connectivity index (χ2v) is 6.73. The number of isocyanates is 2. The van der Waals surface area contributed by atoms with Crippen LogP contribution in [-0.4, -0.2) is 24.2 Å². The van der Waals surface area contributed by atoms with Crippen molar-refractivity contribution in [1.29, 1.82) is 0 Å². The van der Waals surface area contributed by atoms with Gasteiger partial charge in [-0.2, -0.15) is 0 Å². The molecule has 0 heterocycles. The Hall–Kier alpha value is -1.24. The van der Waals surface area contributed by atoms with Crippen molar-refractivity contribution in [2.75, 3.05) is 0 Å². The summed E-state index contributed by atoms with van der Waals surface area (Å²) in [6.07, 6.45) is 16.2. The van der Waals surface area contributed by atoms with Crippen LogP contribution in [0.5, 0.6) is 0 Å². The van der Waals surface area contributed by atoms with Crippen LogP contribution >= 0.6 is 0 Å². The molecule has 0 spiro atoms. The molecule has 0 aromatic rings. The standard InChI is InChI=1S/C17H26N2O2/c20-12-18-16-5-1-3-14(7-9-16)11-15-4-2-6-17(10-8-15)19-13-21/h14-17H,1-11H2. The normalized spacial score (nSPS) is 33.9. The summed E-state index contributed by atoms with van der Waals surface area (Å²) in [4.78, 5) is 28.6. The smallest absolute Gasteiger partial charge is 0.211 e. The third kappa shape index (κ3) is 5.57. The van der Waals surface area contributed by atoms with Crippen LogP contribution in [0.4, 0.5) is 0 Å². The molecule has 0 bridgehead atoms. The van der Waals surface area contributed by atoms with Crippen LogP contribution in [-0.2, 0) is 9.59 Å². The van der Waals surface area contributed by atoms with Gasteiger partial charge in [0.15, 0.2) is 0 Å². The predicted octanol–water partition coefficient (Wildman–Crippen LogP) is 3.95. The molecule has 4 heteroatoms. The number of nitrogens with zero attached hydrogens (tertiary/aromatic N) is 2. The molecule has 0 saturated heterocycles. The minimum atomic E-state index is 0.216. The maximum Gasteiger partial charge on any atom is 0.235 e. The number of rotatable bonds is 4. The van der Waals surface area contributed by atoms with Gasteiger partial charge in [-0.05, 0) is 56.8 Å². The van der Waals surface area contributed by atoms with E-state index in [9.17, 15) is 9.59 Å². The van der Waals surface area contributed by atoms with Gasteiger partial charge in [0.1, 0.15) is 0 Å². The Balaban J connectivity index is 1.78. The molecule has 0 radical (unpaired) electrons. The van der Waals surface area contributed by atoms with E-state index in [2.05, 4.69) is 9.98 Å². The molecule has 0 aromatic heterocycles. The van der Waals surface area contributed by atoms with E-state index < -0.39 is 0 Å². The van der Waals surface area contributed by atoms with E-state index in [1.165, 1.54) is 44.9 Å². The molecule has 4 atom stereocenters. The topological polar surface area (TPSA) is 58.9 Å². The molecular weight excluding hydrogens is 264 g/mol. The minimum Gasteiger partial charge on any atom is -0.211 e. The highest BCUT2D eigenvalue weighted by Crippen LogP contribution is 2.35. The zero-order valence-electron chi connectivity index (χ0n) is 12.8. The first kappa shape index (κ1) is 16.1. The molecule has 2 fully saturated rings. The fourth-order valence-electron chi connectivity index (χ4n) is 4.07. The lowest BCUT2D eigenvalue weighted by molar-refractivity contribution is 0.312. The molecule has 4 nitrogen and oxygen atoms in total. The largest absolute Gasteiger partial charge is 0.235 e. The first-order valence-corrected chi connectivity index (χ1v) is 8.45. The lowest BCUT2D eigenvalue weighted by Crippen LogP contribution is -2.09. The van der Waals surface area contributed by atoms with Gasteiger partial charge in [-0.15, -0.1) is 0 Å². The van der Waals surface area contributed by atoms with Crippen molar-refractivity contribution < 1.29 is 9.59 Å². The quantitative estimate of drug-likeness (QED) is 0.447. The Morgan fingerprint density at radius 1 is 0.667 bits per heavy atom. The lowest BCUT2D eigenvalue weighted by atomic mass is 9.85. The lowest BCUT2D eigenvalue weighted by Gasteiger charge is -2.21. The second kappa shape index (κ2) is 8.92. The highest BCUT2D eigenvalue weighted by molar-refractivity contribution is 5.33. The van der Waals surface area contributed by atoms with Crippen molar-refractivity contribution in [3.05, 3.63) is 0 Å². The Bertz CT molecular complexity index is 373. The van der Waals surface area contributed by atoms with Gasteiger partial charge < -0.3 is 0 Å². The van der Waals surface area contributed by atoms with E-state index in [4.69, 9.17) is 0 Å². The maximum atomic E-state index is 10.4. The van der Waals surface area contributed by atoms with Crippen molar-refractivity contribution in [3.63, 3.8) is 0 Å². The van der Waals surface area contributed by atoms with Gasteiger partial charge in [0.2, 0.25) is 12.2 Å². The van der Waals surface area contributed by atoms with E-state index >= 15 is 0 Å². The van der Waals surface area contributed by atoms with Crippen molar-refractivity contribution in [3.8, 4) is 0 Å². The minimum absolute atomic E-state index is 0.216. The van der Waals surface area contributed by atoms with Crippen LogP contribution in [0.2, 0.25) is 0 Å².